The maximum absolute atomic E-state index is 14.0. The average Bonchev–Trinajstić information content (AvgIpc) is 3.20. The van der Waals surface area contributed by atoms with Crippen LogP contribution in [0.2, 0.25) is 0 Å². The lowest BCUT2D eigenvalue weighted by Gasteiger charge is -2.26. The Morgan fingerprint density at radius 1 is 0.880 bits per heavy atom. The summed E-state index contributed by atoms with van der Waals surface area (Å²) in [6.07, 6.45) is 8.05. The van der Waals surface area contributed by atoms with Gasteiger partial charge < -0.3 is 9.80 Å². The summed E-state index contributed by atoms with van der Waals surface area (Å²) < 4.78 is 14.0. The van der Waals surface area contributed by atoms with Crippen molar-refractivity contribution in [2.24, 2.45) is 11.8 Å². The Bertz CT molecular complexity index is 781. The van der Waals surface area contributed by atoms with Gasteiger partial charge in [0.2, 0.25) is 0 Å². The first-order chi connectivity index (χ1) is 12.3. The molecule has 25 heavy (non-hydrogen) atoms. The monoisotopic (exact) mass is 339 g/mol. The summed E-state index contributed by atoms with van der Waals surface area (Å²) in [6, 6.07) is 3.14. The number of fused-ring (bicyclic) bond motifs is 2. The normalized spacial score (nSPS) is 25.2. The van der Waals surface area contributed by atoms with Gasteiger partial charge in [-0.3, -0.25) is 0 Å². The zero-order valence-electron chi connectivity index (χ0n) is 14.2. The van der Waals surface area contributed by atoms with Crippen LogP contribution in [0.15, 0.2) is 24.7 Å². The summed E-state index contributed by atoms with van der Waals surface area (Å²) in [5.74, 6) is 2.54. The lowest BCUT2D eigenvalue weighted by molar-refractivity contribution is 0.533. The minimum absolute atomic E-state index is 0.218. The number of rotatable bonds is 2. The zero-order chi connectivity index (χ0) is 16.8. The largest absolute Gasteiger partial charge is 0.356 e. The van der Waals surface area contributed by atoms with Gasteiger partial charge in [0, 0.05) is 55.5 Å². The number of pyridine rings is 1. The van der Waals surface area contributed by atoms with Gasteiger partial charge in [0.05, 0.1) is 0 Å². The minimum Gasteiger partial charge on any atom is -0.356 e. The van der Waals surface area contributed by atoms with Crippen molar-refractivity contribution in [3.05, 3.63) is 41.7 Å². The molecule has 5 nitrogen and oxygen atoms in total. The molecule has 0 bridgehead atoms. The number of nitrogens with zero attached hydrogens (tertiary/aromatic N) is 5. The highest BCUT2D eigenvalue weighted by Crippen LogP contribution is 2.37. The lowest BCUT2D eigenvalue weighted by Crippen LogP contribution is -2.31. The molecular weight excluding hydrogens is 317 g/mol. The first-order valence-corrected chi connectivity index (χ1v) is 9.23. The van der Waals surface area contributed by atoms with E-state index in [1.807, 2.05) is 0 Å². The molecule has 2 saturated heterocycles. The van der Waals surface area contributed by atoms with Crippen LogP contribution in [0.4, 0.5) is 16.0 Å². The van der Waals surface area contributed by atoms with Crippen molar-refractivity contribution in [3.63, 3.8) is 0 Å². The molecule has 0 amide bonds. The summed E-state index contributed by atoms with van der Waals surface area (Å²) in [5, 5.41) is 0. The molecule has 2 aliphatic heterocycles. The number of aryl methyl sites for hydroxylation is 1. The molecule has 2 aromatic rings. The fourth-order valence-corrected chi connectivity index (χ4v) is 4.73. The van der Waals surface area contributed by atoms with Crippen molar-refractivity contribution in [1.82, 2.24) is 15.0 Å². The van der Waals surface area contributed by atoms with E-state index < -0.39 is 0 Å². The van der Waals surface area contributed by atoms with Gasteiger partial charge in [-0.25, -0.2) is 19.3 Å². The van der Waals surface area contributed by atoms with E-state index in [2.05, 4.69) is 24.8 Å². The fourth-order valence-electron chi connectivity index (χ4n) is 4.73. The molecule has 2 atom stereocenters. The Morgan fingerprint density at radius 2 is 1.60 bits per heavy atom. The molecule has 130 valence electrons. The Kier molecular flexibility index (Phi) is 3.57. The predicted molar refractivity (Wildman–Crippen MR) is 94.3 cm³/mol. The van der Waals surface area contributed by atoms with Crippen LogP contribution >= 0.6 is 0 Å². The molecule has 0 aromatic carbocycles. The number of aromatic nitrogens is 3. The van der Waals surface area contributed by atoms with Crippen LogP contribution in [0.3, 0.4) is 0 Å². The van der Waals surface area contributed by atoms with Gasteiger partial charge in [0.25, 0.3) is 0 Å². The third kappa shape index (κ3) is 2.55. The maximum Gasteiger partial charge on any atom is 0.165 e. The molecular formula is C19H22FN5. The highest BCUT2D eigenvalue weighted by atomic mass is 19.1. The maximum atomic E-state index is 14.0. The summed E-state index contributed by atoms with van der Waals surface area (Å²) >= 11 is 0. The average molecular weight is 339 g/mol. The Labute approximate surface area is 146 Å². The molecule has 5 rings (SSSR count). The van der Waals surface area contributed by atoms with Crippen LogP contribution in [0.5, 0.6) is 0 Å². The summed E-state index contributed by atoms with van der Waals surface area (Å²) in [6.45, 7) is 3.75. The molecule has 6 heteroatoms. The molecule has 0 radical (unpaired) electrons. The van der Waals surface area contributed by atoms with Crippen LogP contribution < -0.4 is 9.80 Å². The number of anilines is 2. The van der Waals surface area contributed by atoms with Crippen molar-refractivity contribution in [3.8, 4) is 0 Å². The molecule has 0 spiro atoms. The van der Waals surface area contributed by atoms with Gasteiger partial charge in [-0.05, 0) is 37.8 Å². The van der Waals surface area contributed by atoms with Crippen LogP contribution in [-0.4, -0.2) is 41.1 Å². The molecule has 2 unspecified atom stereocenters. The topological polar surface area (TPSA) is 45.2 Å². The highest BCUT2D eigenvalue weighted by molar-refractivity contribution is 5.52. The zero-order valence-corrected chi connectivity index (χ0v) is 14.2. The van der Waals surface area contributed by atoms with E-state index in [1.165, 1.54) is 30.2 Å². The Morgan fingerprint density at radius 3 is 2.36 bits per heavy atom. The van der Waals surface area contributed by atoms with Gasteiger partial charge in [-0.1, -0.05) is 0 Å². The number of halogens is 1. The molecule has 2 aromatic heterocycles. The fraction of sp³-hybridized carbons (Fsp3) is 0.526. The quantitative estimate of drug-likeness (QED) is 0.841. The summed E-state index contributed by atoms with van der Waals surface area (Å²) in [4.78, 5) is 17.9. The number of hydrogen-bond acceptors (Lipinski definition) is 5. The summed E-state index contributed by atoms with van der Waals surface area (Å²) in [7, 11) is 0. The van der Waals surface area contributed by atoms with Crippen LogP contribution in [0, 0.1) is 17.7 Å². The van der Waals surface area contributed by atoms with E-state index >= 15 is 0 Å². The van der Waals surface area contributed by atoms with Gasteiger partial charge in [0.1, 0.15) is 12.1 Å². The van der Waals surface area contributed by atoms with E-state index in [-0.39, 0.29) is 5.82 Å². The second kappa shape index (κ2) is 5.93. The van der Waals surface area contributed by atoms with Gasteiger partial charge >= 0.3 is 0 Å². The lowest BCUT2D eigenvalue weighted by atomic mass is 9.96. The molecule has 1 aliphatic carbocycles. The second-order valence-electron chi connectivity index (χ2n) is 7.47. The van der Waals surface area contributed by atoms with Crippen molar-refractivity contribution in [2.75, 3.05) is 36.0 Å². The predicted octanol–water partition coefficient (Wildman–Crippen LogP) is 2.46. The Hall–Kier alpha value is -2.24. The highest BCUT2D eigenvalue weighted by Gasteiger charge is 2.42. The molecule has 3 aliphatic rings. The van der Waals surface area contributed by atoms with E-state index in [0.29, 0.717) is 17.7 Å². The van der Waals surface area contributed by atoms with Gasteiger partial charge in [-0.15, -0.1) is 0 Å². The minimum atomic E-state index is -0.218. The molecule has 4 heterocycles. The van der Waals surface area contributed by atoms with Crippen LogP contribution in [0.1, 0.15) is 24.1 Å². The van der Waals surface area contributed by atoms with E-state index in [9.17, 15) is 4.39 Å². The van der Waals surface area contributed by atoms with Crippen molar-refractivity contribution >= 4 is 11.6 Å². The van der Waals surface area contributed by atoms with Crippen molar-refractivity contribution < 1.29 is 4.39 Å². The third-order valence-corrected chi connectivity index (χ3v) is 5.93. The van der Waals surface area contributed by atoms with Gasteiger partial charge in [-0.2, -0.15) is 0 Å². The van der Waals surface area contributed by atoms with E-state index in [0.717, 1.165) is 44.8 Å². The molecule has 2 fully saturated rings. The smallest absolute Gasteiger partial charge is 0.165 e. The van der Waals surface area contributed by atoms with Crippen molar-refractivity contribution in [2.45, 2.75) is 25.7 Å². The number of hydrogen-bond donors (Lipinski definition) is 0. The van der Waals surface area contributed by atoms with Crippen molar-refractivity contribution in [1.29, 1.82) is 0 Å². The first-order valence-electron chi connectivity index (χ1n) is 9.23. The molecule has 0 saturated carbocycles. The van der Waals surface area contributed by atoms with Gasteiger partial charge in [0.15, 0.2) is 11.6 Å². The van der Waals surface area contributed by atoms with E-state index in [1.54, 1.807) is 18.6 Å². The standard InChI is InChI=1S/C19H22FN5/c20-16-5-3-7-21-19(16)25-10-13-8-24(9-14(13)11-25)18-15-4-1-2-6-17(15)22-12-23-18/h3,5,7,12-14H,1-2,4,6,8-11H2. The second-order valence-corrected chi connectivity index (χ2v) is 7.47. The SMILES string of the molecule is Fc1cccnc1N1CC2CN(c3ncnc4c3CCCC4)CC2C1. The first kappa shape index (κ1) is 15.0. The Balaban J connectivity index is 1.34. The van der Waals surface area contributed by atoms with Crippen LogP contribution in [-0.2, 0) is 12.8 Å². The summed E-state index contributed by atoms with van der Waals surface area (Å²) in [5.41, 5.74) is 2.60. The van der Waals surface area contributed by atoms with Crippen LogP contribution in [0.25, 0.3) is 0 Å². The molecule has 0 N–H and O–H groups in total. The van der Waals surface area contributed by atoms with E-state index in [4.69, 9.17) is 0 Å². The third-order valence-electron chi connectivity index (χ3n) is 5.93.